The molecule has 0 spiro atoms. The van der Waals surface area contributed by atoms with E-state index in [0.29, 0.717) is 0 Å². The van der Waals surface area contributed by atoms with Crippen LogP contribution in [0.2, 0.25) is 0 Å². The van der Waals surface area contributed by atoms with Crippen molar-refractivity contribution in [1.29, 1.82) is 0 Å². The van der Waals surface area contributed by atoms with Gasteiger partial charge in [-0.2, -0.15) is 9.97 Å². The fraction of sp³-hybridized carbons (Fsp3) is 0.400. The van der Waals surface area contributed by atoms with Crippen molar-refractivity contribution in [3.8, 4) is 11.8 Å². The maximum atomic E-state index is 10.9. The molecule has 0 fully saturated rings. The van der Waals surface area contributed by atoms with Crippen LogP contribution in [0.25, 0.3) is 0 Å². The molecule has 1 rings (SSSR count). The summed E-state index contributed by atoms with van der Waals surface area (Å²) in [4.78, 5) is 29.2. The predicted molar refractivity (Wildman–Crippen MR) is 62.4 cm³/mol. The van der Waals surface area contributed by atoms with Crippen molar-refractivity contribution in [2.75, 3.05) is 19.5 Å². The second-order valence-electron chi connectivity index (χ2n) is 3.41. The highest BCUT2D eigenvalue weighted by atomic mass is 16.5. The number of hydrogen-bond donors (Lipinski definition) is 3. The van der Waals surface area contributed by atoms with E-state index in [1.54, 1.807) is 0 Å². The summed E-state index contributed by atoms with van der Waals surface area (Å²) in [7, 11) is 2.75. The van der Waals surface area contributed by atoms with Gasteiger partial charge in [0.15, 0.2) is 0 Å². The van der Waals surface area contributed by atoms with Gasteiger partial charge in [-0.3, -0.25) is 4.79 Å². The lowest BCUT2D eigenvalue weighted by Gasteiger charge is -2.13. The number of carboxylic acid groups (broad SMARTS) is 2. The highest BCUT2D eigenvalue weighted by molar-refractivity contribution is 5.82. The standard InChI is InChI=1S/C10H13N3O6/c1-18-6-4-7(19-2)13-10(12-6)11-5(9(16)17)3-8(14)15/h4-5H,3H2,1-2H3,(H,14,15)(H,16,17)(H,11,12,13). The van der Waals surface area contributed by atoms with E-state index in [9.17, 15) is 9.59 Å². The lowest BCUT2D eigenvalue weighted by molar-refractivity contribution is -0.144. The van der Waals surface area contributed by atoms with Gasteiger partial charge < -0.3 is 25.0 Å². The van der Waals surface area contributed by atoms with Crippen LogP contribution >= 0.6 is 0 Å². The molecule has 0 bridgehead atoms. The molecule has 1 aromatic rings. The molecule has 19 heavy (non-hydrogen) atoms. The summed E-state index contributed by atoms with van der Waals surface area (Å²) >= 11 is 0. The average molecular weight is 271 g/mol. The number of carbonyl (C=O) groups is 2. The van der Waals surface area contributed by atoms with Crippen LogP contribution in [0, 0.1) is 0 Å². The number of methoxy groups -OCH3 is 2. The molecule has 0 radical (unpaired) electrons. The van der Waals surface area contributed by atoms with E-state index in [0.717, 1.165) is 0 Å². The summed E-state index contributed by atoms with van der Waals surface area (Å²) in [5.41, 5.74) is 0. The van der Waals surface area contributed by atoms with Gasteiger partial charge in [-0.15, -0.1) is 0 Å². The van der Waals surface area contributed by atoms with Crippen LogP contribution in [-0.2, 0) is 9.59 Å². The van der Waals surface area contributed by atoms with Gasteiger partial charge in [0, 0.05) is 0 Å². The molecule has 0 saturated heterocycles. The molecule has 0 aliphatic carbocycles. The Kier molecular flexibility index (Phi) is 4.86. The Bertz CT molecular complexity index is 456. The van der Waals surface area contributed by atoms with E-state index in [1.807, 2.05) is 0 Å². The van der Waals surface area contributed by atoms with E-state index < -0.39 is 24.4 Å². The smallest absolute Gasteiger partial charge is 0.326 e. The molecule has 9 heteroatoms. The summed E-state index contributed by atoms with van der Waals surface area (Å²) in [6, 6.07) is 0.0485. The Balaban J connectivity index is 2.94. The highest BCUT2D eigenvalue weighted by Gasteiger charge is 2.22. The molecular weight excluding hydrogens is 258 g/mol. The van der Waals surface area contributed by atoms with Gasteiger partial charge in [-0.05, 0) is 0 Å². The van der Waals surface area contributed by atoms with Crippen molar-refractivity contribution in [3.63, 3.8) is 0 Å². The predicted octanol–water partition coefficient (Wildman–Crippen LogP) is -0.166. The quantitative estimate of drug-likeness (QED) is 0.618. The average Bonchev–Trinajstić information content (AvgIpc) is 2.36. The Morgan fingerprint density at radius 3 is 2.16 bits per heavy atom. The molecule has 0 amide bonds. The zero-order valence-corrected chi connectivity index (χ0v) is 10.3. The number of rotatable bonds is 7. The minimum absolute atomic E-state index is 0.0927. The van der Waals surface area contributed by atoms with Gasteiger partial charge in [0.1, 0.15) is 6.04 Å². The summed E-state index contributed by atoms with van der Waals surface area (Å²) in [6.45, 7) is 0. The van der Waals surface area contributed by atoms with Crippen molar-refractivity contribution in [2.45, 2.75) is 12.5 Å². The third kappa shape index (κ3) is 4.30. The molecule has 9 nitrogen and oxygen atoms in total. The van der Waals surface area contributed by atoms with E-state index in [4.69, 9.17) is 19.7 Å². The Morgan fingerprint density at radius 1 is 1.26 bits per heavy atom. The number of nitrogens with zero attached hydrogens (tertiary/aromatic N) is 2. The number of ether oxygens (including phenoxy) is 2. The second kappa shape index (κ2) is 6.38. The van der Waals surface area contributed by atoms with E-state index in [2.05, 4.69) is 15.3 Å². The van der Waals surface area contributed by atoms with Gasteiger partial charge >= 0.3 is 11.9 Å². The fourth-order valence-electron chi connectivity index (χ4n) is 1.21. The second-order valence-corrected chi connectivity index (χ2v) is 3.41. The van der Waals surface area contributed by atoms with Crippen molar-refractivity contribution in [2.24, 2.45) is 0 Å². The van der Waals surface area contributed by atoms with E-state index >= 15 is 0 Å². The molecule has 0 saturated carbocycles. The van der Waals surface area contributed by atoms with Crippen LogP contribution in [0.15, 0.2) is 6.07 Å². The van der Waals surface area contributed by atoms with Crippen molar-refractivity contribution < 1.29 is 29.3 Å². The maximum Gasteiger partial charge on any atom is 0.326 e. The molecular formula is C10H13N3O6. The zero-order chi connectivity index (χ0) is 14.4. The summed E-state index contributed by atoms with van der Waals surface area (Å²) < 4.78 is 9.77. The first kappa shape index (κ1) is 14.5. The number of aromatic nitrogens is 2. The largest absolute Gasteiger partial charge is 0.481 e. The van der Waals surface area contributed by atoms with Crippen LogP contribution in [0.5, 0.6) is 11.8 Å². The number of hydrogen-bond acceptors (Lipinski definition) is 7. The summed E-state index contributed by atoms with van der Waals surface area (Å²) in [5.74, 6) is -2.35. The van der Waals surface area contributed by atoms with E-state index in [1.165, 1.54) is 20.3 Å². The van der Waals surface area contributed by atoms with Crippen LogP contribution in [0.4, 0.5) is 5.95 Å². The number of nitrogens with one attached hydrogen (secondary N) is 1. The zero-order valence-electron chi connectivity index (χ0n) is 10.3. The fourth-order valence-corrected chi connectivity index (χ4v) is 1.21. The van der Waals surface area contributed by atoms with Gasteiger partial charge in [0.2, 0.25) is 17.7 Å². The first-order valence-corrected chi connectivity index (χ1v) is 5.14. The van der Waals surface area contributed by atoms with E-state index in [-0.39, 0.29) is 17.7 Å². The molecule has 1 unspecified atom stereocenters. The first-order valence-electron chi connectivity index (χ1n) is 5.14. The number of carboxylic acids is 2. The first-order chi connectivity index (χ1) is 8.96. The molecule has 1 atom stereocenters. The lowest BCUT2D eigenvalue weighted by atomic mass is 10.2. The minimum atomic E-state index is -1.35. The lowest BCUT2D eigenvalue weighted by Crippen LogP contribution is -2.32. The highest BCUT2D eigenvalue weighted by Crippen LogP contribution is 2.18. The van der Waals surface area contributed by atoms with Crippen molar-refractivity contribution in [3.05, 3.63) is 6.07 Å². The van der Waals surface area contributed by atoms with Crippen molar-refractivity contribution >= 4 is 17.9 Å². The SMILES string of the molecule is COc1cc(OC)nc(NC(CC(=O)O)C(=O)O)n1. The number of anilines is 1. The van der Waals surface area contributed by atoms with Crippen LogP contribution in [0.1, 0.15) is 6.42 Å². The Morgan fingerprint density at radius 2 is 1.79 bits per heavy atom. The van der Waals surface area contributed by atoms with Crippen LogP contribution < -0.4 is 14.8 Å². The molecule has 104 valence electrons. The Hall–Kier alpha value is -2.58. The summed E-state index contributed by atoms with van der Waals surface area (Å²) in [6.07, 6.45) is -0.613. The molecule has 1 aromatic heterocycles. The maximum absolute atomic E-state index is 10.9. The normalized spacial score (nSPS) is 11.5. The van der Waals surface area contributed by atoms with Crippen LogP contribution in [-0.4, -0.2) is 52.4 Å². The molecule has 0 aliphatic heterocycles. The van der Waals surface area contributed by atoms with Crippen molar-refractivity contribution in [1.82, 2.24) is 9.97 Å². The molecule has 0 aliphatic rings. The monoisotopic (exact) mass is 271 g/mol. The minimum Gasteiger partial charge on any atom is -0.481 e. The van der Waals surface area contributed by atoms with Gasteiger partial charge in [0.05, 0.1) is 26.7 Å². The Labute approximate surface area is 108 Å². The van der Waals surface area contributed by atoms with Crippen LogP contribution in [0.3, 0.4) is 0 Å². The molecule has 3 N–H and O–H groups in total. The third-order valence-corrected chi connectivity index (χ3v) is 2.08. The number of aliphatic carboxylic acids is 2. The van der Waals surface area contributed by atoms with Gasteiger partial charge in [-0.1, -0.05) is 0 Å². The van der Waals surface area contributed by atoms with Gasteiger partial charge in [-0.25, -0.2) is 4.79 Å². The van der Waals surface area contributed by atoms with Gasteiger partial charge in [0.25, 0.3) is 0 Å². The third-order valence-electron chi connectivity index (χ3n) is 2.08. The molecule has 1 heterocycles. The topological polar surface area (TPSA) is 131 Å². The summed E-state index contributed by atoms with van der Waals surface area (Å²) in [5, 5.41) is 19.9. The molecule has 0 aromatic carbocycles.